The number of carbonyl (C=O) groups excluding carboxylic acids is 2. The molecule has 2 rings (SSSR count). The number of nitrogens with one attached hydrogen (secondary N) is 3. The van der Waals surface area contributed by atoms with Gasteiger partial charge in [0, 0.05) is 31.1 Å². The number of hydrogen-bond donors (Lipinski definition) is 3. The first kappa shape index (κ1) is 31.2. The van der Waals surface area contributed by atoms with E-state index in [4.69, 9.17) is 9.47 Å². The zero-order valence-corrected chi connectivity index (χ0v) is 24.2. The molecule has 38 heavy (non-hydrogen) atoms. The average molecular weight is 526 g/mol. The Labute approximate surface area is 229 Å². The van der Waals surface area contributed by atoms with Crippen molar-refractivity contribution in [1.29, 1.82) is 0 Å². The third-order valence-corrected chi connectivity index (χ3v) is 5.69. The fourth-order valence-corrected chi connectivity index (χ4v) is 4.15. The molecule has 0 aliphatic rings. The summed E-state index contributed by atoms with van der Waals surface area (Å²) in [5, 5.41) is 9.40. The normalized spacial score (nSPS) is 12.6. The second-order valence-corrected chi connectivity index (χ2v) is 12.0. The third-order valence-electron chi connectivity index (χ3n) is 5.69. The minimum atomic E-state index is -0.539. The van der Waals surface area contributed by atoms with Gasteiger partial charge in [-0.05, 0) is 76.6 Å². The monoisotopic (exact) mass is 525 g/mol. The Morgan fingerprint density at radius 1 is 0.895 bits per heavy atom. The van der Waals surface area contributed by atoms with Gasteiger partial charge in [0.15, 0.2) is 0 Å². The van der Waals surface area contributed by atoms with E-state index in [9.17, 15) is 9.59 Å². The minimum absolute atomic E-state index is 0.00849. The van der Waals surface area contributed by atoms with Gasteiger partial charge >= 0.3 is 6.09 Å². The number of amides is 2. The van der Waals surface area contributed by atoms with Crippen LogP contribution in [0.3, 0.4) is 0 Å². The van der Waals surface area contributed by atoms with E-state index in [1.807, 2.05) is 89.2 Å². The highest BCUT2D eigenvalue weighted by Gasteiger charge is 2.22. The summed E-state index contributed by atoms with van der Waals surface area (Å²) < 4.78 is 11.3. The first-order chi connectivity index (χ1) is 17.8. The lowest BCUT2D eigenvalue weighted by Gasteiger charge is -2.27. The van der Waals surface area contributed by atoms with Gasteiger partial charge in [-0.2, -0.15) is 0 Å². The molecule has 0 spiro atoms. The number of carbonyl (C=O) groups is 2. The molecule has 1 unspecified atom stereocenters. The molecule has 0 heterocycles. The number of hydrogen-bond acceptors (Lipinski definition) is 5. The van der Waals surface area contributed by atoms with Gasteiger partial charge in [0.2, 0.25) is 5.91 Å². The maximum atomic E-state index is 12.6. The quantitative estimate of drug-likeness (QED) is 0.279. The van der Waals surface area contributed by atoms with E-state index in [-0.39, 0.29) is 17.5 Å². The molecule has 0 bridgehead atoms. The van der Waals surface area contributed by atoms with Crippen LogP contribution in [0, 0.1) is 5.92 Å². The van der Waals surface area contributed by atoms with Crippen LogP contribution in [0.5, 0.6) is 5.75 Å². The highest BCUT2D eigenvalue weighted by atomic mass is 16.6. The fraction of sp³-hybridized carbons (Fsp3) is 0.548. The molecule has 3 N–H and O–H groups in total. The molecule has 0 aromatic heterocycles. The Morgan fingerprint density at radius 3 is 2.16 bits per heavy atom. The standard InChI is InChI=1S/C31H47N3O4/c1-23(2)19-26(33-29(36)38-30(3,4)5)21-32-18-17-28(35)34-31(6,7)20-24-13-15-27(16-14-24)37-22-25-11-9-8-10-12-25/h8-16,23,26,32H,17-22H2,1-7H3,(H,33,36)(H,34,35). The van der Waals surface area contributed by atoms with E-state index >= 15 is 0 Å². The summed E-state index contributed by atoms with van der Waals surface area (Å²) >= 11 is 0. The second kappa shape index (κ2) is 14.8. The second-order valence-electron chi connectivity index (χ2n) is 12.0. The Kier molecular flexibility index (Phi) is 12.1. The number of ether oxygens (including phenoxy) is 2. The zero-order valence-electron chi connectivity index (χ0n) is 24.2. The SMILES string of the molecule is CC(C)CC(CNCCC(=O)NC(C)(C)Cc1ccc(OCc2ccccc2)cc1)NC(=O)OC(C)(C)C. The summed E-state index contributed by atoms with van der Waals surface area (Å²) in [5.41, 5.74) is 1.33. The molecule has 0 aliphatic heterocycles. The molecule has 7 heteroatoms. The molecular formula is C31H47N3O4. The largest absolute Gasteiger partial charge is 0.489 e. The van der Waals surface area contributed by atoms with Crippen molar-refractivity contribution in [3.63, 3.8) is 0 Å². The zero-order chi connectivity index (χ0) is 28.2. The lowest BCUT2D eigenvalue weighted by molar-refractivity contribution is -0.122. The third kappa shape index (κ3) is 13.5. The van der Waals surface area contributed by atoms with Gasteiger partial charge in [-0.1, -0.05) is 56.3 Å². The highest BCUT2D eigenvalue weighted by Crippen LogP contribution is 2.18. The van der Waals surface area contributed by atoms with E-state index < -0.39 is 11.7 Å². The summed E-state index contributed by atoms with van der Waals surface area (Å²) in [6, 6.07) is 18.0. The molecular weight excluding hydrogens is 478 g/mol. The van der Waals surface area contributed by atoms with Gasteiger partial charge in [0.25, 0.3) is 0 Å². The number of rotatable bonds is 14. The van der Waals surface area contributed by atoms with E-state index in [2.05, 4.69) is 29.8 Å². The molecule has 0 fully saturated rings. The van der Waals surface area contributed by atoms with E-state index in [1.54, 1.807) is 0 Å². The summed E-state index contributed by atoms with van der Waals surface area (Å²) in [6.45, 7) is 15.5. The molecule has 0 saturated carbocycles. The molecule has 7 nitrogen and oxygen atoms in total. The van der Waals surface area contributed by atoms with Crippen molar-refractivity contribution in [2.45, 2.75) is 91.5 Å². The Morgan fingerprint density at radius 2 is 1.55 bits per heavy atom. The molecule has 210 valence electrons. The van der Waals surface area contributed by atoms with Crippen LogP contribution in [0.25, 0.3) is 0 Å². The summed E-state index contributed by atoms with van der Waals surface area (Å²) in [5.74, 6) is 1.23. The topological polar surface area (TPSA) is 88.7 Å². The highest BCUT2D eigenvalue weighted by molar-refractivity contribution is 5.77. The van der Waals surface area contributed by atoms with Crippen LogP contribution in [-0.2, 0) is 22.6 Å². The Balaban J connectivity index is 1.74. The van der Waals surface area contributed by atoms with Crippen LogP contribution in [0.2, 0.25) is 0 Å². The van der Waals surface area contributed by atoms with E-state index in [0.717, 1.165) is 23.3 Å². The van der Waals surface area contributed by atoms with Gasteiger partial charge in [-0.3, -0.25) is 4.79 Å². The molecule has 2 aromatic carbocycles. The van der Waals surface area contributed by atoms with Crippen molar-refractivity contribution >= 4 is 12.0 Å². The van der Waals surface area contributed by atoms with Crippen molar-refractivity contribution < 1.29 is 19.1 Å². The van der Waals surface area contributed by atoms with Gasteiger partial charge in [-0.15, -0.1) is 0 Å². The molecule has 0 radical (unpaired) electrons. The Bertz CT molecular complexity index is 982. The molecule has 0 saturated heterocycles. The Hall–Kier alpha value is -3.06. The summed E-state index contributed by atoms with van der Waals surface area (Å²) in [6.07, 6.45) is 1.47. The predicted molar refractivity (Wildman–Crippen MR) is 153 cm³/mol. The van der Waals surface area contributed by atoms with Crippen LogP contribution in [0.1, 0.15) is 72.4 Å². The van der Waals surface area contributed by atoms with Crippen LogP contribution < -0.4 is 20.7 Å². The smallest absolute Gasteiger partial charge is 0.407 e. The summed E-state index contributed by atoms with van der Waals surface area (Å²) in [7, 11) is 0. The van der Waals surface area contributed by atoms with Crippen molar-refractivity contribution in [3.8, 4) is 5.75 Å². The van der Waals surface area contributed by atoms with E-state index in [1.165, 1.54) is 0 Å². The van der Waals surface area contributed by atoms with Crippen molar-refractivity contribution in [1.82, 2.24) is 16.0 Å². The van der Waals surface area contributed by atoms with Crippen LogP contribution >= 0.6 is 0 Å². The van der Waals surface area contributed by atoms with Gasteiger partial charge in [0.05, 0.1) is 0 Å². The fourth-order valence-electron chi connectivity index (χ4n) is 4.15. The summed E-state index contributed by atoms with van der Waals surface area (Å²) in [4.78, 5) is 24.8. The van der Waals surface area contributed by atoms with Crippen LogP contribution in [0.4, 0.5) is 4.79 Å². The minimum Gasteiger partial charge on any atom is -0.489 e. The van der Waals surface area contributed by atoms with Crippen molar-refractivity contribution in [2.24, 2.45) is 5.92 Å². The van der Waals surface area contributed by atoms with Gasteiger partial charge < -0.3 is 25.4 Å². The van der Waals surface area contributed by atoms with Crippen molar-refractivity contribution in [3.05, 3.63) is 65.7 Å². The predicted octanol–water partition coefficient (Wildman–Crippen LogP) is 5.62. The maximum absolute atomic E-state index is 12.6. The van der Waals surface area contributed by atoms with Gasteiger partial charge in [0.1, 0.15) is 18.0 Å². The lowest BCUT2D eigenvalue weighted by atomic mass is 9.94. The molecule has 0 aliphatic carbocycles. The van der Waals surface area contributed by atoms with Crippen LogP contribution in [0.15, 0.2) is 54.6 Å². The van der Waals surface area contributed by atoms with Crippen LogP contribution in [-0.4, -0.2) is 42.3 Å². The number of benzene rings is 2. The first-order valence-electron chi connectivity index (χ1n) is 13.6. The number of alkyl carbamates (subject to hydrolysis) is 1. The van der Waals surface area contributed by atoms with E-state index in [0.29, 0.717) is 38.5 Å². The van der Waals surface area contributed by atoms with Gasteiger partial charge in [-0.25, -0.2) is 4.79 Å². The molecule has 2 amide bonds. The molecule has 1 atom stereocenters. The maximum Gasteiger partial charge on any atom is 0.407 e. The van der Waals surface area contributed by atoms with Crippen molar-refractivity contribution in [2.75, 3.05) is 13.1 Å². The molecule has 2 aromatic rings. The lowest BCUT2D eigenvalue weighted by Crippen LogP contribution is -2.47. The first-order valence-corrected chi connectivity index (χ1v) is 13.6. The average Bonchev–Trinajstić information content (AvgIpc) is 2.80.